The van der Waals surface area contributed by atoms with Crippen molar-refractivity contribution in [1.82, 2.24) is 21.3 Å². The lowest BCUT2D eigenvalue weighted by molar-refractivity contribution is -0.388. The minimum atomic E-state index is -2.60. The monoisotopic (exact) mass is 1630 g/mol. The van der Waals surface area contributed by atoms with Gasteiger partial charge in [0.15, 0.2) is 50.3 Å². The quantitative estimate of drug-likeness (QED) is 0.0297. The van der Waals surface area contributed by atoms with Gasteiger partial charge in [-0.3, -0.25) is 19.2 Å². The summed E-state index contributed by atoms with van der Waals surface area (Å²) in [5.74, 6) is -3.80. The number of aliphatic hydroxyl groups excluding tert-OH is 25. The second kappa shape index (κ2) is 41.1. The van der Waals surface area contributed by atoms with Crippen molar-refractivity contribution in [3.8, 4) is 0 Å². The van der Waals surface area contributed by atoms with Gasteiger partial charge < -0.3 is 225 Å². The number of hydrogen-bond donors (Lipinski definition) is 29. The van der Waals surface area contributed by atoms with Crippen molar-refractivity contribution in [2.75, 3.05) is 59.5 Å². The van der Waals surface area contributed by atoms with Gasteiger partial charge in [-0.2, -0.15) is 0 Å². The second-order valence-corrected chi connectivity index (χ2v) is 28.0. The van der Waals surface area contributed by atoms with Crippen molar-refractivity contribution in [3.05, 3.63) is 0 Å². The second-order valence-electron chi connectivity index (χ2n) is 28.0. The summed E-state index contributed by atoms with van der Waals surface area (Å²) in [6.07, 6.45) is -81.6. The molecule has 4 amide bonds. The van der Waals surface area contributed by atoms with Crippen molar-refractivity contribution in [1.29, 1.82) is 0 Å². The highest BCUT2D eigenvalue weighted by molar-refractivity contribution is 5.74. The maximum atomic E-state index is 13.4. The number of ether oxygens (including phenoxy) is 16. The minimum absolute atomic E-state index is 0.887. The Bertz CT molecular complexity index is 2900. The van der Waals surface area contributed by atoms with Gasteiger partial charge >= 0.3 is 0 Å². The van der Waals surface area contributed by atoms with Gasteiger partial charge in [0.2, 0.25) is 23.6 Å². The molecule has 8 aliphatic rings. The van der Waals surface area contributed by atoms with Crippen molar-refractivity contribution < 1.29 is 223 Å². The molecule has 0 radical (unpaired) electrons. The molecule has 8 saturated heterocycles. The van der Waals surface area contributed by atoms with Crippen LogP contribution in [0, 0.1) is 0 Å². The van der Waals surface area contributed by atoms with Gasteiger partial charge in [-0.25, -0.2) is 0 Å². The molecular weight excluding hydrogens is 1520 g/mol. The first-order valence-electron chi connectivity index (χ1n) is 35.4. The normalized spacial score (nSPS) is 46.3. The van der Waals surface area contributed by atoms with Crippen LogP contribution in [-0.2, 0) is 95.0 Å². The summed E-state index contributed by atoms with van der Waals surface area (Å²) in [7, 11) is 0. The summed E-state index contributed by atoms with van der Waals surface area (Å²) in [6, 6.07) is -7.62. The summed E-state index contributed by atoms with van der Waals surface area (Å²) >= 11 is 0. The van der Waals surface area contributed by atoms with Crippen LogP contribution in [0.25, 0.3) is 0 Å². The molecule has 8 fully saturated rings. The van der Waals surface area contributed by atoms with Gasteiger partial charge in [0.1, 0.15) is 207 Å². The summed E-state index contributed by atoms with van der Waals surface area (Å²) in [6.45, 7) is -4.87. The lowest BCUT2D eigenvalue weighted by Crippen LogP contribution is -2.70. The Morgan fingerprint density at radius 3 is 1.16 bits per heavy atom. The molecule has 0 spiro atoms. The fraction of sp³-hybridized carbons (Fsp3) is 0.935. The van der Waals surface area contributed by atoms with E-state index < -0.39 is 353 Å². The number of amides is 4. The van der Waals surface area contributed by atoms with E-state index in [1.54, 1.807) is 0 Å². The standard InChI is InChI=1S/C62H106N4O45/c1-15-32(79)41(88)45(92)58(98-15)111-54-44(91)36(83)24(9-70)102-62(54)109-52-31(66-19(5)77)57(99-25(10-71)37(52)84)110-53-38(85)28(14-97-56-30(65-18(4)76)40(87)51(27(12-73)104-56)108-60-47(94)43(90)35(82)23(8-69)101-60)105-61(48(53)95)106-49(20(6-67)63-16(2)74)33(80)21(78)13-96-55-29(64-17(3)75)39(86)50(26(11-72)103-55)107-59-46(93)42(89)34(81)22(7-68)100-59/h15,20-62,67-73,78-95H,6-14H2,1-5H3,(H,63,74)(H,64,75)(H,65,76)(H,66,77)/t15-,20-,21+,22+,23+,24+,25+,26+,27+,28+,29+,30+,31+,32+,33-,34-,35-,36-,37+,38-,39+,40+,41+,42-,43-,44-,45-,46+,47+,48+,49+,50+,51+,52+,53-,54+,55+,56+,57-,58-,59-,60-,61-,62-/m0/s1. The van der Waals surface area contributed by atoms with Crippen LogP contribution in [0.4, 0.5) is 0 Å². The smallest absolute Gasteiger partial charge is 0.217 e. The zero-order valence-electron chi connectivity index (χ0n) is 60.1. The molecule has 44 atom stereocenters. The van der Waals surface area contributed by atoms with E-state index in [9.17, 15) is 147 Å². The van der Waals surface area contributed by atoms with Crippen molar-refractivity contribution in [3.63, 3.8) is 0 Å². The molecule has 29 N–H and O–H groups in total. The first-order valence-corrected chi connectivity index (χ1v) is 35.4. The van der Waals surface area contributed by atoms with E-state index in [1.807, 2.05) is 0 Å². The number of carbonyl (C=O) groups is 4. The molecule has 0 aromatic carbocycles. The predicted octanol–water partition coefficient (Wildman–Crippen LogP) is -19.4. The molecule has 0 saturated carbocycles. The van der Waals surface area contributed by atoms with Crippen LogP contribution < -0.4 is 21.3 Å². The van der Waals surface area contributed by atoms with Gasteiger partial charge in [-0.15, -0.1) is 0 Å². The number of carbonyl (C=O) groups excluding carboxylic acids is 4. The van der Waals surface area contributed by atoms with Gasteiger partial charge in [-0.1, -0.05) is 0 Å². The van der Waals surface area contributed by atoms with Crippen LogP contribution in [0.15, 0.2) is 0 Å². The Morgan fingerprint density at radius 2 is 0.703 bits per heavy atom. The summed E-state index contributed by atoms with van der Waals surface area (Å²) in [4.78, 5) is 51.8. The average Bonchev–Trinajstić information content (AvgIpc) is 0.797. The van der Waals surface area contributed by atoms with Gasteiger partial charge in [0.05, 0.1) is 71.6 Å². The molecule has 0 aliphatic carbocycles. The summed E-state index contributed by atoms with van der Waals surface area (Å²) in [5.41, 5.74) is 0. The minimum Gasteiger partial charge on any atom is -0.394 e. The third-order valence-corrected chi connectivity index (χ3v) is 20.0. The molecule has 111 heavy (non-hydrogen) atoms. The van der Waals surface area contributed by atoms with E-state index in [2.05, 4.69) is 21.3 Å². The van der Waals surface area contributed by atoms with Crippen LogP contribution in [-0.4, -0.2) is 481 Å². The van der Waals surface area contributed by atoms with Gasteiger partial charge in [0.25, 0.3) is 0 Å². The molecule has 8 heterocycles. The van der Waals surface area contributed by atoms with Crippen LogP contribution in [0.5, 0.6) is 0 Å². The molecule has 0 aromatic rings. The number of aliphatic hydroxyl groups is 25. The highest BCUT2D eigenvalue weighted by atomic mass is 16.8. The van der Waals surface area contributed by atoms with E-state index in [4.69, 9.17) is 75.8 Å². The number of nitrogens with one attached hydrogen (secondary N) is 4. The van der Waals surface area contributed by atoms with Crippen LogP contribution >= 0.6 is 0 Å². The third-order valence-electron chi connectivity index (χ3n) is 20.0. The Balaban J connectivity index is 1.13. The molecule has 49 heteroatoms. The first-order chi connectivity index (χ1) is 52.4. The lowest BCUT2D eigenvalue weighted by atomic mass is 9.94. The van der Waals surface area contributed by atoms with Crippen molar-refractivity contribution in [2.24, 2.45) is 0 Å². The lowest BCUT2D eigenvalue weighted by Gasteiger charge is -2.51. The Kier molecular flexibility index (Phi) is 34.3. The Labute approximate surface area is 629 Å². The molecule has 644 valence electrons. The third kappa shape index (κ3) is 21.4. The maximum absolute atomic E-state index is 13.4. The molecule has 8 aliphatic heterocycles. The van der Waals surface area contributed by atoms with E-state index >= 15 is 0 Å². The first kappa shape index (κ1) is 92.7. The van der Waals surface area contributed by atoms with Crippen LogP contribution in [0.1, 0.15) is 34.6 Å². The SMILES string of the molecule is CC(=O)N[C@H]1[C@H](OC[C@@H](O)[C@H](O)[C@H](O[C@@H]2O[C@H](CO[C@@H]3O[C@H](CO)[C@@H](O[C@@H]4O[C@H](CO)[C@H](O)[C@H](O)[C@H]4O)[C@H](O)[C@H]3NC(C)=O)[C@H](O)[C@H](O[C@@H]3O[C@H](CO)[C@@H](O)[C@H](O[C@@H]4O[C@H](CO)[C@H](O)[C@H](O)[C@H]4O[C@@H]4O[C@@H](C)[C@@H](O)[C@@H](O)[C@@H]4O)[C@H]3NC(C)=O)[C@H]2O)[C@H](CO)NC(C)=O)O[C@H](CO)[C@@H](O[C@@H]2O[C@H](CO)[C@H](O)[C@H](O)[C@H]2O)[C@@H]1O. The maximum Gasteiger partial charge on any atom is 0.217 e. The van der Waals surface area contributed by atoms with Gasteiger partial charge in [-0.05, 0) is 6.92 Å². The van der Waals surface area contributed by atoms with Crippen molar-refractivity contribution in [2.45, 2.75) is 304 Å². The van der Waals surface area contributed by atoms with Crippen molar-refractivity contribution >= 4 is 23.6 Å². The average molecular weight is 1630 g/mol. The molecule has 0 bridgehead atoms. The fourth-order valence-corrected chi connectivity index (χ4v) is 13.9. The van der Waals surface area contributed by atoms with E-state index in [0.717, 1.165) is 27.7 Å². The van der Waals surface area contributed by atoms with Gasteiger partial charge in [0, 0.05) is 27.7 Å². The fourth-order valence-electron chi connectivity index (χ4n) is 13.9. The molecule has 49 nitrogen and oxygen atoms in total. The Hall–Kier alpha value is -3.76. The predicted molar refractivity (Wildman–Crippen MR) is 344 cm³/mol. The summed E-state index contributed by atoms with van der Waals surface area (Å²) < 4.78 is 94.0. The van der Waals surface area contributed by atoms with E-state index in [1.165, 1.54) is 6.92 Å². The van der Waals surface area contributed by atoms with E-state index in [-0.39, 0.29) is 0 Å². The number of hydrogen-bond acceptors (Lipinski definition) is 45. The van der Waals surface area contributed by atoms with E-state index in [0.29, 0.717) is 0 Å². The summed E-state index contributed by atoms with van der Waals surface area (Å²) in [5, 5.41) is 285. The highest BCUT2D eigenvalue weighted by Gasteiger charge is 2.60. The molecular formula is C62H106N4O45. The zero-order valence-corrected chi connectivity index (χ0v) is 60.1. The Morgan fingerprint density at radius 1 is 0.333 bits per heavy atom. The zero-order chi connectivity index (χ0) is 82.2. The number of rotatable bonds is 32. The van der Waals surface area contributed by atoms with Crippen LogP contribution in [0.3, 0.4) is 0 Å². The van der Waals surface area contributed by atoms with Crippen LogP contribution in [0.2, 0.25) is 0 Å². The highest BCUT2D eigenvalue weighted by Crippen LogP contribution is 2.39. The topological polar surface area (TPSA) is 770 Å². The molecule has 8 rings (SSSR count). The largest absolute Gasteiger partial charge is 0.394 e. The molecule has 0 aromatic heterocycles. The molecule has 0 unspecified atom stereocenters.